The van der Waals surface area contributed by atoms with Gasteiger partial charge in [0.1, 0.15) is 11.6 Å². The number of carboxylic acid groups (broad SMARTS) is 1. The van der Waals surface area contributed by atoms with Crippen LogP contribution >= 0.6 is 11.6 Å². The Hall–Kier alpha value is -2.93. The lowest BCUT2D eigenvalue weighted by molar-refractivity contribution is 0.193. The van der Waals surface area contributed by atoms with Gasteiger partial charge in [-0.1, -0.05) is 30.7 Å². The SMILES string of the molecule is CC(CCNC(=O)O)Cc1nc2cccc(Cl)c2c(=O)n1-c1cccc(F)c1. The van der Waals surface area contributed by atoms with Gasteiger partial charge in [0.25, 0.3) is 5.56 Å². The van der Waals surface area contributed by atoms with E-state index in [0.717, 1.165) is 0 Å². The van der Waals surface area contributed by atoms with Gasteiger partial charge < -0.3 is 10.4 Å². The number of fused-ring (bicyclic) bond motifs is 1. The first kappa shape index (κ1) is 19.8. The Morgan fingerprint density at radius 3 is 2.79 bits per heavy atom. The summed E-state index contributed by atoms with van der Waals surface area (Å²) in [7, 11) is 0. The van der Waals surface area contributed by atoms with Crippen molar-refractivity contribution in [3.63, 3.8) is 0 Å². The van der Waals surface area contributed by atoms with Crippen LogP contribution in [0.2, 0.25) is 5.02 Å². The molecule has 0 fully saturated rings. The number of aromatic nitrogens is 2. The van der Waals surface area contributed by atoms with E-state index in [9.17, 15) is 14.0 Å². The highest BCUT2D eigenvalue weighted by molar-refractivity contribution is 6.35. The second kappa shape index (κ2) is 8.39. The van der Waals surface area contributed by atoms with Crippen molar-refractivity contribution in [2.45, 2.75) is 19.8 Å². The minimum atomic E-state index is -1.08. The van der Waals surface area contributed by atoms with E-state index in [1.165, 1.54) is 22.8 Å². The van der Waals surface area contributed by atoms with Crippen molar-refractivity contribution < 1.29 is 14.3 Å². The molecule has 3 aromatic rings. The van der Waals surface area contributed by atoms with Crippen LogP contribution in [0.4, 0.5) is 9.18 Å². The molecule has 2 aromatic carbocycles. The molecule has 6 nitrogen and oxygen atoms in total. The van der Waals surface area contributed by atoms with Crippen molar-refractivity contribution in [2.75, 3.05) is 6.54 Å². The third-order valence-corrected chi connectivity index (χ3v) is 4.74. The van der Waals surface area contributed by atoms with E-state index in [1.54, 1.807) is 24.3 Å². The lowest BCUT2D eigenvalue weighted by Gasteiger charge is -2.17. The second-order valence-electron chi connectivity index (χ2n) is 6.61. The summed E-state index contributed by atoms with van der Waals surface area (Å²) in [4.78, 5) is 28.4. The van der Waals surface area contributed by atoms with Crippen molar-refractivity contribution in [1.29, 1.82) is 0 Å². The maximum absolute atomic E-state index is 13.8. The van der Waals surface area contributed by atoms with Crippen LogP contribution in [-0.2, 0) is 6.42 Å². The molecule has 2 N–H and O–H groups in total. The summed E-state index contributed by atoms with van der Waals surface area (Å²) in [5.41, 5.74) is 0.466. The largest absolute Gasteiger partial charge is 0.465 e. The number of nitrogens with one attached hydrogen (secondary N) is 1. The Morgan fingerprint density at radius 1 is 1.32 bits per heavy atom. The zero-order valence-corrected chi connectivity index (χ0v) is 15.9. The van der Waals surface area contributed by atoms with Crippen LogP contribution in [0.3, 0.4) is 0 Å². The van der Waals surface area contributed by atoms with Crippen LogP contribution < -0.4 is 10.9 Å². The monoisotopic (exact) mass is 403 g/mol. The van der Waals surface area contributed by atoms with E-state index in [4.69, 9.17) is 16.7 Å². The molecule has 0 aliphatic heterocycles. The van der Waals surface area contributed by atoms with Crippen molar-refractivity contribution in [3.05, 3.63) is 69.5 Å². The Morgan fingerprint density at radius 2 is 2.07 bits per heavy atom. The third kappa shape index (κ3) is 4.31. The van der Waals surface area contributed by atoms with Gasteiger partial charge in [-0.25, -0.2) is 14.2 Å². The number of hydrogen-bond acceptors (Lipinski definition) is 3. The topological polar surface area (TPSA) is 84.2 Å². The Labute approximate surface area is 165 Å². The number of hydrogen-bond donors (Lipinski definition) is 2. The van der Waals surface area contributed by atoms with E-state index in [1.807, 2.05) is 6.92 Å². The third-order valence-electron chi connectivity index (χ3n) is 4.43. The number of halogens is 2. The molecule has 1 amide bonds. The summed E-state index contributed by atoms with van der Waals surface area (Å²) in [5.74, 6) is 0.0386. The minimum Gasteiger partial charge on any atom is -0.465 e. The van der Waals surface area contributed by atoms with Crippen LogP contribution in [0.15, 0.2) is 47.3 Å². The molecule has 0 aliphatic rings. The smallest absolute Gasteiger partial charge is 0.404 e. The van der Waals surface area contributed by atoms with Crippen molar-refractivity contribution >= 4 is 28.6 Å². The molecule has 0 bridgehead atoms. The van der Waals surface area contributed by atoms with E-state index in [-0.39, 0.29) is 21.9 Å². The normalized spacial score (nSPS) is 12.1. The van der Waals surface area contributed by atoms with Gasteiger partial charge in [0.2, 0.25) is 0 Å². The van der Waals surface area contributed by atoms with E-state index in [0.29, 0.717) is 36.4 Å². The van der Waals surface area contributed by atoms with E-state index in [2.05, 4.69) is 10.3 Å². The molecule has 1 heterocycles. The van der Waals surface area contributed by atoms with Crippen LogP contribution in [0.1, 0.15) is 19.2 Å². The molecular weight excluding hydrogens is 385 g/mol. The molecule has 28 heavy (non-hydrogen) atoms. The zero-order chi connectivity index (χ0) is 20.3. The first-order valence-electron chi connectivity index (χ1n) is 8.79. The quantitative estimate of drug-likeness (QED) is 0.651. The lowest BCUT2D eigenvalue weighted by atomic mass is 10.0. The highest BCUT2D eigenvalue weighted by atomic mass is 35.5. The average molecular weight is 404 g/mol. The fourth-order valence-electron chi connectivity index (χ4n) is 3.09. The first-order valence-corrected chi connectivity index (χ1v) is 9.17. The zero-order valence-electron chi connectivity index (χ0n) is 15.2. The van der Waals surface area contributed by atoms with E-state index >= 15 is 0 Å². The highest BCUT2D eigenvalue weighted by Gasteiger charge is 2.17. The molecule has 0 saturated carbocycles. The van der Waals surface area contributed by atoms with Crippen molar-refractivity contribution in [2.24, 2.45) is 5.92 Å². The molecule has 1 unspecified atom stereocenters. The van der Waals surface area contributed by atoms with E-state index < -0.39 is 11.9 Å². The predicted octanol–water partition coefficient (Wildman–Crippen LogP) is 4.01. The van der Waals surface area contributed by atoms with Gasteiger partial charge >= 0.3 is 6.09 Å². The molecule has 0 radical (unpaired) electrons. The molecule has 146 valence electrons. The molecule has 0 spiro atoms. The van der Waals surface area contributed by atoms with Gasteiger partial charge in [-0.2, -0.15) is 0 Å². The van der Waals surface area contributed by atoms with Crippen LogP contribution in [0.25, 0.3) is 16.6 Å². The maximum Gasteiger partial charge on any atom is 0.404 e. The number of amides is 1. The fourth-order valence-corrected chi connectivity index (χ4v) is 3.34. The summed E-state index contributed by atoms with van der Waals surface area (Å²) >= 11 is 6.22. The standard InChI is InChI=1S/C20H19ClFN3O3/c1-12(8-9-23-20(27)28)10-17-24-16-7-3-6-15(21)18(16)19(26)25(17)14-5-2-4-13(22)11-14/h2-7,11-12,23H,8-10H2,1H3,(H,27,28). The molecule has 3 rings (SSSR count). The molecule has 1 aromatic heterocycles. The fraction of sp³-hybridized carbons (Fsp3) is 0.250. The lowest BCUT2D eigenvalue weighted by Crippen LogP contribution is -2.27. The van der Waals surface area contributed by atoms with Gasteiger partial charge in [0, 0.05) is 13.0 Å². The van der Waals surface area contributed by atoms with Gasteiger partial charge in [0.15, 0.2) is 0 Å². The minimum absolute atomic E-state index is 0.0372. The number of carbonyl (C=O) groups is 1. The number of benzene rings is 2. The second-order valence-corrected chi connectivity index (χ2v) is 7.02. The summed E-state index contributed by atoms with van der Waals surface area (Å²) in [5, 5.41) is 11.6. The van der Waals surface area contributed by atoms with Crippen LogP contribution in [0, 0.1) is 11.7 Å². The summed E-state index contributed by atoms with van der Waals surface area (Å²) < 4.78 is 15.2. The molecule has 8 heteroatoms. The summed E-state index contributed by atoms with van der Waals surface area (Å²) in [6.45, 7) is 2.23. The average Bonchev–Trinajstić information content (AvgIpc) is 2.61. The molecule has 0 saturated heterocycles. The Balaban J connectivity index is 2.08. The van der Waals surface area contributed by atoms with Gasteiger partial charge in [-0.05, 0) is 42.7 Å². The van der Waals surface area contributed by atoms with Gasteiger partial charge in [-0.3, -0.25) is 9.36 Å². The number of nitrogens with zero attached hydrogens (tertiary/aromatic N) is 2. The summed E-state index contributed by atoms with van der Waals surface area (Å²) in [6, 6.07) is 10.8. The van der Waals surface area contributed by atoms with Gasteiger partial charge in [0.05, 0.1) is 21.6 Å². The van der Waals surface area contributed by atoms with Crippen LogP contribution in [0.5, 0.6) is 0 Å². The Kier molecular flexibility index (Phi) is 5.94. The molecular formula is C20H19ClFN3O3. The van der Waals surface area contributed by atoms with Crippen molar-refractivity contribution in [1.82, 2.24) is 14.9 Å². The highest BCUT2D eigenvalue weighted by Crippen LogP contribution is 2.22. The molecule has 0 aliphatic carbocycles. The number of rotatable bonds is 6. The first-order chi connectivity index (χ1) is 13.4. The predicted molar refractivity (Wildman–Crippen MR) is 106 cm³/mol. The van der Waals surface area contributed by atoms with Crippen molar-refractivity contribution in [3.8, 4) is 5.69 Å². The van der Waals surface area contributed by atoms with Gasteiger partial charge in [-0.15, -0.1) is 0 Å². The summed E-state index contributed by atoms with van der Waals surface area (Å²) in [6.07, 6.45) is -0.101. The maximum atomic E-state index is 13.8. The van der Waals surface area contributed by atoms with Crippen LogP contribution in [-0.4, -0.2) is 27.3 Å². The molecule has 1 atom stereocenters. The Bertz CT molecular complexity index is 1080.